The van der Waals surface area contributed by atoms with Crippen molar-refractivity contribution in [2.75, 3.05) is 26.7 Å². The Bertz CT molecular complexity index is 557. The van der Waals surface area contributed by atoms with Gasteiger partial charge < -0.3 is 9.64 Å². The second kappa shape index (κ2) is 37.1. The molecule has 43 heavy (non-hydrogen) atoms. The number of hydrogen-bond donors (Lipinski definition) is 0. The molecule has 0 saturated carbocycles. The fourth-order valence-electron chi connectivity index (χ4n) is 5.85. The number of esters is 1. The largest absolute Gasteiger partial charge is 0.469 e. The van der Waals surface area contributed by atoms with E-state index in [4.69, 9.17) is 4.74 Å². The van der Waals surface area contributed by atoms with Gasteiger partial charge in [0.1, 0.15) is 0 Å². The summed E-state index contributed by atoms with van der Waals surface area (Å²) in [6.07, 6.45) is 47.9. The zero-order chi connectivity index (χ0) is 31.3. The zero-order valence-electron chi connectivity index (χ0n) is 29.7. The van der Waals surface area contributed by atoms with Gasteiger partial charge in [0.2, 0.25) is 0 Å². The van der Waals surface area contributed by atoms with E-state index in [9.17, 15) is 4.79 Å². The van der Waals surface area contributed by atoms with Crippen LogP contribution in [0.4, 0.5) is 0 Å². The summed E-state index contributed by atoms with van der Waals surface area (Å²) in [6, 6.07) is 0. The normalized spacial score (nSPS) is 11.9. The fraction of sp³-hybridized carbons (Fsp3) is 0.875. The Morgan fingerprint density at radius 2 is 0.744 bits per heavy atom. The number of hydrogen-bond acceptors (Lipinski definition) is 3. The van der Waals surface area contributed by atoms with Gasteiger partial charge in [-0.1, -0.05) is 154 Å². The van der Waals surface area contributed by atoms with E-state index in [0.717, 1.165) is 19.6 Å². The number of carbonyl (C=O) groups excluding carboxylic acids is 1. The highest BCUT2D eigenvalue weighted by molar-refractivity contribution is 5.69. The number of nitrogens with zero attached hydrogens (tertiary/aromatic N) is 1. The van der Waals surface area contributed by atoms with Crippen LogP contribution >= 0.6 is 0 Å². The molecule has 0 aromatic carbocycles. The first-order chi connectivity index (χ1) is 21.2. The molecule has 0 aliphatic heterocycles. The van der Waals surface area contributed by atoms with Crippen molar-refractivity contribution in [2.45, 2.75) is 200 Å². The Morgan fingerprint density at radius 3 is 1.07 bits per heavy atom. The summed E-state index contributed by atoms with van der Waals surface area (Å²) in [4.78, 5) is 14.2. The number of carbonyl (C=O) groups is 1. The van der Waals surface area contributed by atoms with Gasteiger partial charge in [-0.05, 0) is 77.3 Å². The lowest BCUT2D eigenvalue weighted by molar-refractivity contribution is -0.141. The molecule has 3 nitrogen and oxygen atoms in total. The first kappa shape index (κ1) is 41.9. The molecule has 0 fully saturated rings. The van der Waals surface area contributed by atoms with E-state index in [1.165, 1.54) is 187 Å². The van der Waals surface area contributed by atoms with Gasteiger partial charge in [0, 0.05) is 6.54 Å². The molecule has 0 radical (unpaired) electrons. The van der Waals surface area contributed by atoms with Crippen molar-refractivity contribution in [2.24, 2.45) is 0 Å². The maximum atomic E-state index is 11.7. The second-order valence-corrected chi connectivity index (χ2v) is 13.0. The van der Waals surface area contributed by atoms with Crippen LogP contribution in [-0.4, -0.2) is 37.6 Å². The Morgan fingerprint density at radius 1 is 0.442 bits per heavy atom. The van der Waals surface area contributed by atoms with Gasteiger partial charge >= 0.3 is 5.97 Å². The van der Waals surface area contributed by atoms with Gasteiger partial charge in [-0.3, -0.25) is 4.79 Å². The SMILES string of the molecule is CCCCCCCC/C=C\CCCCCCCCN(CCCCCCCC/C=C\CCCCCCCC)CCC(=O)OC. The second-order valence-electron chi connectivity index (χ2n) is 13.0. The van der Waals surface area contributed by atoms with Crippen LogP contribution in [0.2, 0.25) is 0 Å². The topological polar surface area (TPSA) is 29.5 Å². The highest BCUT2D eigenvalue weighted by Gasteiger charge is 2.08. The van der Waals surface area contributed by atoms with Gasteiger partial charge in [-0.2, -0.15) is 0 Å². The Kier molecular flexibility index (Phi) is 36.2. The minimum Gasteiger partial charge on any atom is -0.469 e. The summed E-state index contributed by atoms with van der Waals surface area (Å²) in [5, 5.41) is 0. The lowest BCUT2D eigenvalue weighted by Gasteiger charge is -2.21. The molecule has 0 amide bonds. The highest BCUT2D eigenvalue weighted by atomic mass is 16.5. The fourth-order valence-corrected chi connectivity index (χ4v) is 5.85. The Labute approximate surface area is 271 Å². The van der Waals surface area contributed by atoms with Crippen LogP contribution in [0.25, 0.3) is 0 Å². The summed E-state index contributed by atoms with van der Waals surface area (Å²) >= 11 is 0. The number of allylic oxidation sites excluding steroid dienone is 4. The average molecular weight is 604 g/mol. The summed E-state index contributed by atoms with van der Waals surface area (Å²) in [5.74, 6) is -0.0768. The maximum absolute atomic E-state index is 11.7. The van der Waals surface area contributed by atoms with Crippen molar-refractivity contribution < 1.29 is 9.53 Å². The van der Waals surface area contributed by atoms with Crippen LogP contribution in [-0.2, 0) is 9.53 Å². The van der Waals surface area contributed by atoms with Crippen molar-refractivity contribution in [3.8, 4) is 0 Å². The first-order valence-corrected chi connectivity index (χ1v) is 19.3. The van der Waals surface area contributed by atoms with E-state index in [-0.39, 0.29) is 5.97 Å². The van der Waals surface area contributed by atoms with Gasteiger partial charge in [0.05, 0.1) is 13.5 Å². The smallest absolute Gasteiger partial charge is 0.306 e. The highest BCUT2D eigenvalue weighted by Crippen LogP contribution is 2.13. The van der Waals surface area contributed by atoms with Crippen LogP contribution in [0.5, 0.6) is 0 Å². The predicted molar refractivity (Wildman–Crippen MR) is 192 cm³/mol. The molecule has 0 rings (SSSR count). The lowest BCUT2D eigenvalue weighted by Crippen LogP contribution is -2.29. The van der Waals surface area contributed by atoms with Crippen LogP contribution in [0.3, 0.4) is 0 Å². The summed E-state index contributed by atoms with van der Waals surface area (Å²) < 4.78 is 4.90. The molecule has 3 heteroatoms. The van der Waals surface area contributed by atoms with Crippen molar-refractivity contribution >= 4 is 5.97 Å². The molecule has 0 N–H and O–H groups in total. The molecule has 0 bridgehead atoms. The molecule has 0 spiro atoms. The molecule has 0 aromatic heterocycles. The molecule has 0 saturated heterocycles. The minimum atomic E-state index is -0.0768. The lowest BCUT2D eigenvalue weighted by atomic mass is 10.1. The van der Waals surface area contributed by atoms with E-state index in [0.29, 0.717) is 6.42 Å². The molecule has 0 aliphatic carbocycles. The Hall–Kier alpha value is -1.09. The summed E-state index contributed by atoms with van der Waals surface area (Å²) in [6.45, 7) is 7.68. The van der Waals surface area contributed by atoms with E-state index in [1.807, 2.05) is 0 Å². The molecule has 0 atom stereocenters. The third-order valence-corrected chi connectivity index (χ3v) is 8.83. The van der Waals surface area contributed by atoms with Crippen molar-refractivity contribution in [3.05, 3.63) is 24.3 Å². The van der Waals surface area contributed by atoms with Crippen LogP contribution < -0.4 is 0 Å². The quantitative estimate of drug-likeness (QED) is 0.0410. The van der Waals surface area contributed by atoms with Gasteiger partial charge in [-0.15, -0.1) is 0 Å². The van der Waals surface area contributed by atoms with E-state index in [1.54, 1.807) is 0 Å². The molecular weight excluding hydrogens is 526 g/mol. The predicted octanol–water partition coefficient (Wildman–Crippen LogP) is 12.9. The number of ether oxygens (including phenoxy) is 1. The zero-order valence-corrected chi connectivity index (χ0v) is 29.7. The summed E-state index contributed by atoms with van der Waals surface area (Å²) in [5.41, 5.74) is 0. The molecular formula is C40H77NO2. The van der Waals surface area contributed by atoms with Crippen LogP contribution in [0, 0.1) is 0 Å². The molecule has 0 aliphatic rings. The average Bonchev–Trinajstić information content (AvgIpc) is 3.02. The first-order valence-electron chi connectivity index (χ1n) is 19.3. The third-order valence-electron chi connectivity index (χ3n) is 8.83. The molecule has 254 valence electrons. The number of unbranched alkanes of at least 4 members (excludes halogenated alkanes) is 24. The van der Waals surface area contributed by atoms with Crippen LogP contribution in [0.1, 0.15) is 200 Å². The van der Waals surface area contributed by atoms with Crippen molar-refractivity contribution in [3.63, 3.8) is 0 Å². The van der Waals surface area contributed by atoms with Gasteiger partial charge in [0.15, 0.2) is 0 Å². The Balaban J connectivity index is 3.72. The van der Waals surface area contributed by atoms with Crippen molar-refractivity contribution in [1.29, 1.82) is 0 Å². The molecule has 0 heterocycles. The number of methoxy groups -OCH3 is 1. The standard InChI is InChI=1S/C40H77NO2/c1-4-6-8-10-12-14-16-18-20-22-24-26-28-30-32-34-37-41(39-36-40(42)43-3)38-35-33-31-29-27-25-23-21-19-17-15-13-11-9-7-5-2/h18-21H,4-17,22-39H2,1-3H3/b20-18-,21-19-. The van der Waals surface area contributed by atoms with Gasteiger partial charge in [-0.25, -0.2) is 0 Å². The van der Waals surface area contributed by atoms with Gasteiger partial charge in [0.25, 0.3) is 0 Å². The molecule has 0 aromatic rings. The van der Waals surface area contributed by atoms with Crippen molar-refractivity contribution in [1.82, 2.24) is 4.90 Å². The maximum Gasteiger partial charge on any atom is 0.306 e. The minimum absolute atomic E-state index is 0.0768. The van der Waals surface area contributed by atoms with E-state index in [2.05, 4.69) is 43.1 Å². The monoisotopic (exact) mass is 604 g/mol. The number of rotatable bonds is 35. The van der Waals surface area contributed by atoms with E-state index < -0.39 is 0 Å². The van der Waals surface area contributed by atoms with E-state index >= 15 is 0 Å². The molecule has 0 unspecified atom stereocenters. The third kappa shape index (κ3) is 35.3. The summed E-state index contributed by atoms with van der Waals surface area (Å²) in [7, 11) is 1.50. The van der Waals surface area contributed by atoms with Crippen LogP contribution in [0.15, 0.2) is 24.3 Å².